The molecule has 0 spiro atoms. The first-order valence-corrected chi connectivity index (χ1v) is 10.4. The fraction of sp³-hybridized carbons (Fsp3) is 0.190. The zero-order chi connectivity index (χ0) is 20.5. The minimum Gasteiger partial charge on any atom is -0.328 e. The molecule has 1 aliphatic heterocycles. The molecule has 3 aromatic rings. The highest BCUT2D eigenvalue weighted by Crippen LogP contribution is 2.37. The lowest BCUT2D eigenvalue weighted by molar-refractivity contribution is -0.114. The van der Waals surface area contributed by atoms with Crippen LogP contribution in [0.5, 0.6) is 0 Å². The third kappa shape index (κ3) is 3.93. The van der Waals surface area contributed by atoms with Gasteiger partial charge in [-0.3, -0.25) is 4.79 Å². The van der Waals surface area contributed by atoms with E-state index < -0.39 is 6.04 Å². The highest BCUT2D eigenvalue weighted by atomic mass is 35.5. The number of anilines is 1. The number of halogens is 2. The van der Waals surface area contributed by atoms with E-state index in [9.17, 15) is 9.18 Å². The zero-order valence-electron chi connectivity index (χ0n) is 15.8. The Balaban J connectivity index is 1.69. The third-order valence-electron chi connectivity index (χ3n) is 4.71. The Hall–Kier alpha value is -2.64. The monoisotopic (exact) mass is 428 g/mol. The number of carbonyl (C=O) groups is 1. The van der Waals surface area contributed by atoms with Crippen LogP contribution in [0.3, 0.4) is 0 Å². The number of nitrogens with one attached hydrogen (secondary N) is 1. The highest BCUT2D eigenvalue weighted by molar-refractivity contribution is 7.98. The van der Waals surface area contributed by atoms with Gasteiger partial charge in [0.25, 0.3) is 0 Å². The van der Waals surface area contributed by atoms with Gasteiger partial charge in [0.1, 0.15) is 11.9 Å². The van der Waals surface area contributed by atoms with Crippen LogP contribution >= 0.6 is 23.4 Å². The maximum atomic E-state index is 13.4. The van der Waals surface area contributed by atoms with Gasteiger partial charge in [-0.15, -0.1) is 5.10 Å². The van der Waals surface area contributed by atoms with Crippen LogP contribution in [-0.2, 0) is 10.5 Å². The van der Waals surface area contributed by atoms with E-state index in [1.165, 1.54) is 30.8 Å². The molecule has 1 aliphatic rings. The second-order valence-corrected chi connectivity index (χ2v) is 8.07. The van der Waals surface area contributed by atoms with Crippen LogP contribution in [0.4, 0.5) is 10.3 Å². The van der Waals surface area contributed by atoms with Gasteiger partial charge in [0.15, 0.2) is 5.78 Å². The van der Waals surface area contributed by atoms with E-state index in [2.05, 4.69) is 15.4 Å². The van der Waals surface area contributed by atoms with E-state index in [0.717, 1.165) is 16.8 Å². The Kier molecular flexibility index (Phi) is 5.43. The van der Waals surface area contributed by atoms with E-state index in [1.807, 2.05) is 31.2 Å². The molecule has 1 aromatic heterocycles. The maximum absolute atomic E-state index is 13.4. The molecule has 1 atom stereocenters. The van der Waals surface area contributed by atoms with Crippen molar-refractivity contribution in [1.82, 2.24) is 14.8 Å². The van der Waals surface area contributed by atoms with E-state index in [0.29, 0.717) is 27.5 Å². The predicted molar refractivity (Wildman–Crippen MR) is 113 cm³/mol. The summed E-state index contributed by atoms with van der Waals surface area (Å²) in [6, 6.07) is 13.3. The SMILES string of the molecule is CC(=O)C1=C(C)Nc2nc(SCc3ccccc3Cl)nn2C1c1ccc(F)cc1. The van der Waals surface area contributed by atoms with Crippen LogP contribution < -0.4 is 5.32 Å². The Morgan fingerprint density at radius 1 is 1.24 bits per heavy atom. The van der Waals surface area contributed by atoms with Crippen molar-refractivity contribution in [3.05, 3.63) is 81.8 Å². The Labute approximate surface area is 177 Å². The quantitative estimate of drug-likeness (QED) is 0.563. The van der Waals surface area contributed by atoms with Gasteiger partial charge in [-0.25, -0.2) is 9.07 Å². The van der Waals surface area contributed by atoms with Gasteiger partial charge in [-0.05, 0) is 43.2 Å². The largest absolute Gasteiger partial charge is 0.328 e. The second-order valence-electron chi connectivity index (χ2n) is 6.72. The lowest BCUT2D eigenvalue weighted by Gasteiger charge is -2.28. The number of fused-ring (bicyclic) bond motifs is 1. The Morgan fingerprint density at radius 3 is 2.66 bits per heavy atom. The summed E-state index contributed by atoms with van der Waals surface area (Å²) >= 11 is 7.69. The first-order valence-electron chi connectivity index (χ1n) is 9.01. The van der Waals surface area contributed by atoms with Gasteiger partial charge >= 0.3 is 0 Å². The number of aromatic nitrogens is 3. The van der Waals surface area contributed by atoms with Crippen molar-refractivity contribution in [3.8, 4) is 0 Å². The van der Waals surface area contributed by atoms with Gasteiger partial charge < -0.3 is 5.32 Å². The normalized spacial score (nSPS) is 15.8. The molecule has 29 heavy (non-hydrogen) atoms. The van der Waals surface area contributed by atoms with Gasteiger partial charge in [0.05, 0.1) is 0 Å². The smallest absolute Gasteiger partial charge is 0.227 e. The molecule has 2 heterocycles. The molecular formula is C21H18ClFN4OS. The molecule has 1 unspecified atom stereocenters. The summed E-state index contributed by atoms with van der Waals surface area (Å²) in [7, 11) is 0. The summed E-state index contributed by atoms with van der Waals surface area (Å²) in [4.78, 5) is 16.9. The number of allylic oxidation sites excluding steroid dienone is 2. The van der Waals surface area contributed by atoms with Crippen LogP contribution in [-0.4, -0.2) is 20.5 Å². The van der Waals surface area contributed by atoms with E-state index in [4.69, 9.17) is 11.6 Å². The summed E-state index contributed by atoms with van der Waals surface area (Å²) in [6.45, 7) is 3.36. The molecule has 148 valence electrons. The summed E-state index contributed by atoms with van der Waals surface area (Å²) in [5, 5.41) is 9.06. The molecule has 0 amide bonds. The Bertz CT molecular complexity index is 1110. The minimum absolute atomic E-state index is 0.0734. The number of thioether (sulfide) groups is 1. The number of ketones is 1. The van der Waals surface area contributed by atoms with Gasteiger partial charge in [0.2, 0.25) is 11.1 Å². The number of rotatable bonds is 5. The van der Waals surface area contributed by atoms with Crippen molar-refractivity contribution in [2.24, 2.45) is 0 Å². The summed E-state index contributed by atoms with van der Waals surface area (Å²) in [6.07, 6.45) is 0. The molecule has 0 bridgehead atoms. The predicted octanol–water partition coefficient (Wildman–Crippen LogP) is 5.24. The van der Waals surface area contributed by atoms with Gasteiger partial charge in [0, 0.05) is 22.0 Å². The number of Topliss-reactive ketones (excluding diaryl/α,β-unsaturated/α-hetero) is 1. The van der Waals surface area contributed by atoms with Crippen LogP contribution in [0.25, 0.3) is 0 Å². The van der Waals surface area contributed by atoms with E-state index in [-0.39, 0.29) is 11.6 Å². The number of nitrogens with zero attached hydrogens (tertiary/aromatic N) is 3. The average molecular weight is 429 g/mol. The van der Waals surface area contributed by atoms with E-state index in [1.54, 1.807) is 16.8 Å². The summed E-state index contributed by atoms with van der Waals surface area (Å²) in [5.41, 5.74) is 3.06. The molecule has 0 saturated carbocycles. The molecule has 8 heteroatoms. The maximum Gasteiger partial charge on any atom is 0.227 e. The fourth-order valence-corrected chi connectivity index (χ4v) is 4.47. The first-order chi connectivity index (χ1) is 13.9. The summed E-state index contributed by atoms with van der Waals surface area (Å²) in [5.74, 6) is 0.762. The molecule has 0 saturated heterocycles. The van der Waals surface area contributed by atoms with Crippen molar-refractivity contribution >= 4 is 35.1 Å². The number of hydrogen-bond acceptors (Lipinski definition) is 5. The van der Waals surface area contributed by atoms with Crippen molar-refractivity contribution in [1.29, 1.82) is 0 Å². The molecule has 2 aromatic carbocycles. The van der Waals surface area contributed by atoms with Crippen LogP contribution in [0, 0.1) is 5.82 Å². The lowest BCUT2D eigenvalue weighted by atomic mass is 9.93. The summed E-state index contributed by atoms with van der Waals surface area (Å²) < 4.78 is 15.1. The molecule has 0 radical (unpaired) electrons. The lowest BCUT2D eigenvalue weighted by Crippen LogP contribution is -2.27. The van der Waals surface area contributed by atoms with Crippen molar-refractivity contribution in [3.63, 3.8) is 0 Å². The minimum atomic E-state index is -0.466. The van der Waals surface area contributed by atoms with Crippen molar-refractivity contribution in [2.75, 3.05) is 5.32 Å². The third-order valence-corrected chi connectivity index (χ3v) is 5.97. The van der Waals surface area contributed by atoms with E-state index >= 15 is 0 Å². The first kappa shape index (κ1) is 19.7. The number of carbonyl (C=O) groups excluding carboxylic acids is 1. The van der Waals surface area contributed by atoms with Gasteiger partial charge in [-0.1, -0.05) is 53.7 Å². The second kappa shape index (κ2) is 8.00. The molecular weight excluding hydrogens is 411 g/mol. The fourth-order valence-electron chi connectivity index (χ4n) is 3.36. The van der Waals surface area contributed by atoms with Gasteiger partial charge in [-0.2, -0.15) is 4.98 Å². The average Bonchev–Trinajstić information content (AvgIpc) is 3.09. The number of hydrogen-bond donors (Lipinski definition) is 1. The highest BCUT2D eigenvalue weighted by Gasteiger charge is 2.32. The zero-order valence-corrected chi connectivity index (χ0v) is 17.4. The molecule has 0 aliphatic carbocycles. The van der Waals surface area contributed by atoms with Crippen molar-refractivity contribution in [2.45, 2.75) is 30.8 Å². The molecule has 1 N–H and O–H groups in total. The standard InChI is InChI=1S/C21H18ClFN4OS/c1-12-18(13(2)28)19(14-7-9-16(23)10-8-14)27-20(24-12)25-21(26-27)29-11-15-5-3-4-6-17(15)22/h3-10,19H,11H2,1-2H3,(H,24,25,26). The Morgan fingerprint density at radius 2 is 1.97 bits per heavy atom. The van der Waals surface area contributed by atoms with Crippen LogP contribution in [0.2, 0.25) is 5.02 Å². The van der Waals surface area contributed by atoms with Crippen LogP contribution in [0.15, 0.2) is 65.0 Å². The molecule has 5 nitrogen and oxygen atoms in total. The molecule has 4 rings (SSSR count). The number of benzene rings is 2. The molecule has 0 fully saturated rings. The van der Waals surface area contributed by atoms with Crippen molar-refractivity contribution < 1.29 is 9.18 Å². The topological polar surface area (TPSA) is 59.8 Å². The van der Waals surface area contributed by atoms with Crippen LogP contribution in [0.1, 0.15) is 31.0 Å².